The van der Waals surface area contributed by atoms with Crippen LogP contribution in [0.4, 0.5) is 13.2 Å². The number of alkyl halides is 3. The van der Waals surface area contributed by atoms with Gasteiger partial charge in [-0.05, 0) is 6.07 Å². The quantitative estimate of drug-likeness (QED) is 0.670. The monoisotopic (exact) mass is 220 g/mol. The molecule has 0 saturated carbocycles. The molecule has 0 radical (unpaired) electrons. The summed E-state index contributed by atoms with van der Waals surface area (Å²) in [7, 11) is 0. The van der Waals surface area contributed by atoms with E-state index in [1.807, 2.05) is 0 Å². The van der Waals surface area contributed by atoms with Crippen LogP contribution in [0, 0.1) is 0 Å². The van der Waals surface area contributed by atoms with Gasteiger partial charge in [0.1, 0.15) is 0 Å². The molecule has 0 aliphatic rings. The molecule has 1 rings (SSSR count). The van der Waals surface area contributed by atoms with E-state index in [9.17, 15) is 18.0 Å². The Bertz CT molecular complexity index is 415. The average molecular weight is 220 g/mol. The van der Waals surface area contributed by atoms with Crippen LogP contribution in [0.1, 0.15) is 26.5 Å². The lowest BCUT2D eigenvalue weighted by Gasteiger charge is -2.18. The number of hydrogen-bond donors (Lipinski definition) is 0. The number of halogens is 3. The first kappa shape index (κ1) is 11.7. The molecule has 0 amide bonds. The lowest BCUT2D eigenvalue weighted by atomic mass is 9.92. The van der Waals surface area contributed by atoms with Crippen molar-refractivity contribution < 1.29 is 13.2 Å². The fourth-order valence-electron chi connectivity index (χ4n) is 0.993. The van der Waals surface area contributed by atoms with Crippen LogP contribution in [-0.4, -0.2) is 9.78 Å². The minimum Gasteiger partial charge on any atom is -0.268 e. The molecule has 0 aromatic carbocycles. The van der Waals surface area contributed by atoms with E-state index >= 15 is 0 Å². The third-order valence-electron chi connectivity index (χ3n) is 1.81. The van der Waals surface area contributed by atoms with E-state index in [2.05, 4.69) is 5.10 Å². The molecule has 84 valence electrons. The molecule has 0 bridgehead atoms. The van der Waals surface area contributed by atoms with Crippen molar-refractivity contribution in [2.75, 3.05) is 0 Å². The zero-order chi connectivity index (χ0) is 11.9. The Labute approximate surface area is 84.5 Å². The van der Waals surface area contributed by atoms with Crippen molar-refractivity contribution in [3.05, 3.63) is 28.2 Å². The zero-order valence-electron chi connectivity index (χ0n) is 8.59. The van der Waals surface area contributed by atoms with Gasteiger partial charge >= 0.3 is 6.30 Å². The van der Waals surface area contributed by atoms with Gasteiger partial charge in [0.05, 0.1) is 5.69 Å². The van der Waals surface area contributed by atoms with E-state index in [1.54, 1.807) is 20.8 Å². The highest BCUT2D eigenvalue weighted by Crippen LogP contribution is 2.22. The molecule has 0 unspecified atom stereocenters. The first-order valence-corrected chi connectivity index (χ1v) is 4.30. The van der Waals surface area contributed by atoms with Crippen LogP contribution in [0.25, 0.3) is 0 Å². The van der Waals surface area contributed by atoms with E-state index in [4.69, 9.17) is 0 Å². The van der Waals surface area contributed by atoms with Crippen molar-refractivity contribution >= 4 is 0 Å². The normalized spacial score (nSPS) is 12.9. The molecule has 1 aromatic rings. The van der Waals surface area contributed by atoms with Gasteiger partial charge in [-0.1, -0.05) is 20.8 Å². The summed E-state index contributed by atoms with van der Waals surface area (Å²) < 4.78 is 36.5. The molecule has 1 heterocycles. The van der Waals surface area contributed by atoms with Crippen LogP contribution >= 0.6 is 0 Å². The summed E-state index contributed by atoms with van der Waals surface area (Å²) in [4.78, 5) is 10.9. The second-order valence-corrected chi connectivity index (χ2v) is 4.19. The van der Waals surface area contributed by atoms with Gasteiger partial charge in [-0.15, -0.1) is 17.9 Å². The molecule has 15 heavy (non-hydrogen) atoms. The second-order valence-electron chi connectivity index (χ2n) is 4.19. The summed E-state index contributed by atoms with van der Waals surface area (Å²) in [5.74, 6) is 0. The summed E-state index contributed by atoms with van der Waals surface area (Å²) in [5, 5.41) is 3.29. The van der Waals surface area contributed by atoms with Crippen molar-refractivity contribution in [1.82, 2.24) is 9.78 Å². The van der Waals surface area contributed by atoms with Crippen molar-refractivity contribution in [3.8, 4) is 0 Å². The van der Waals surface area contributed by atoms with Crippen molar-refractivity contribution in [2.24, 2.45) is 0 Å². The molecule has 0 atom stereocenters. The number of nitrogens with zero attached hydrogens (tertiary/aromatic N) is 2. The van der Waals surface area contributed by atoms with E-state index in [-0.39, 0.29) is 5.69 Å². The first-order valence-electron chi connectivity index (χ1n) is 4.30. The Kier molecular flexibility index (Phi) is 2.63. The number of hydrogen-bond acceptors (Lipinski definition) is 2. The maximum absolute atomic E-state index is 12.3. The summed E-state index contributed by atoms with van der Waals surface area (Å²) >= 11 is 0. The summed E-state index contributed by atoms with van der Waals surface area (Å²) in [6.45, 7) is 5.17. The van der Waals surface area contributed by atoms with Crippen LogP contribution in [0.15, 0.2) is 16.9 Å². The molecular formula is C9H11F3N2O. The average Bonchev–Trinajstić information content (AvgIpc) is 2.00. The molecule has 0 N–H and O–H groups in total. The molecular weight excluding hydrogens is 209 g/mol. The van der Waals surface area contributed by atoms with Gasteiger partial charge in [-0.3, -0.25) is 4.79 Å². The Morgan fingerprint density at radius 1 is 1.20 bits per heavy atom. The van der Waals surface area contributed by atoms with Gasteiger partial charge in [0.15, 0.2) is 0 Å². The SMILES string of the molecule is CC(C)(C)c1ccc(=O)n(C(F)(F)F)n1. The molecule has 0 spiro atoms. The summed E-state index contributed by atoms with van der Waals surface area (Å²) in [6.07, 6.45) is -4.77. The fourth-order valence-corrected chi connectivity index (χ4v) is 0.993. The molecule has 6 heteroatoms. The molecule has 1 aromatic heterocycles. The highest BCUT2D eigenvalue weighted by Gasteiger charge is 2.34. The first-order chi connectivity index (χ1) is 6.62. The van der Waals surface area contributed by atoms with E-state index in [1.165, 1.54) is 6.07 Å². The zero-order valence-corrected chi connectivity index (χ0v) is 8.59. The summed E-state index contributed by atoms with van der Waals surface area (Å²) in [6, 6.07) is 2.19. The maximum atomic E-state index is 12.3. The van der Waals surface area contributed by atoms with Gasteiger partial charge in [0, 0.05) is 11.5 Å². The van der Waals surface area contributed by atoms with Crippen molar-refractivity contribution in [1.29, 1.82) is 0 Å². The molecule has 0 aliphatic carbocycles. The van der Waals surface area contributed by atoms with Gasteiger partial charge < -0.3 is 0 Å². The third-order valence-corrected chi connectivity index (χ3v) is 1.81. The predicted octanol–water partition coefficient (Wildman–Crippen LogP) is 2.02. The van der Waals surface area contributed by atoms with Gasteiger partial charge in [-0.25, -0.2) is 0 Å². The molecule has 0 fully saturated rings. The highest BCUT2D eigenvalue weighted by molar-refractivity contribution is 5.10. The lowest BCUT2D eigenvalue weighted by Crippen LogP contribution is -2.34. The molecule has 0 saturated heterocycles. The lowest BCUT2D eigenvalue weighted by molar-refractivity contribution is -0.215. The van der Waals surface area contributed by atoms with Crippen LogP contribution in [0.3, 0.4) is 0 Å². The fraction of sp³-hybridized carbons (Fsp3) is 0.556. The van der Waals surface area contributed by atoms with E-state index < -0.39 is 22.0 Å². The number of aromatic nitrogens is 2. The summed E-state index contributed by atoms with van der Waals surface area (Å²) in [5.41, 5.74) is -1.48. The van der Waals surface area contributed by atoms with Gasteiger partial charge in [0.25, 0.3) is 5.56 Å². The van der Waals surface area contributed by atoms with Crippen molar-refractivity contribution in [2.45, 2.75) is 32.5 Å². The van der Waals surface area contributed by atoms with Crippen LogP contribution in [0.2, 0.25) is 0 Å². The third kappa shape index (κ3) is 2.57. The Balaban J connectivity index is 3.37. The highest BCUT2D eigenvalue weighted by atomic mass is 19.4. The Morgan fingerprint density at radius 3 is 2.13 bits per heavy atom. The predicted molar refractivity (Wildman–Crippen MR) is 48.5 cm³/mol. The minimum absolute atomic E-state index is 0.222. The van der Waals surface area contributed by atoms with Gasteiger partial charge in [-0.2, -0.15) is 5.10 Å². The standard InChI is InChI=1S/C9H11F3N2O/c1-8(2,3)6-4-5-7(15)14(13-6)9(10,11)12/h4-5H,1-3H3. The molecule has 0 aliphatic heterocycles. The Hall–Kier alpha value is -1.33. The second kappa shape index (κ2) is 3.36. The maximum Gasteiger partial charge on any atom is 0.507 e. The minimum atomic E-state index is -4.77. The topological polar surface area (TPSA) is 34.9 Å². The largest absolute Gasteiger partial charge is 0.507 e. The Morgan fingerprint density at radius 2 is 1.73 bits per heavy atom. The molecule has 3 nitrogen and oxygen atoms in total. The van der Waals surface area contributed by atoms with E-state index in [0.29, 0.717) is 0 Å². The van der Waals surface area contributed by atoms with E-state index in [0.717, 1.165) is 6.07 Å². The van der Waals surface area contributed by atoms with Gasteiger partial charge in [0.2, 0.25) is 0 Å². The number of rotatable bonds is 0. The van der Waals surface area contributed by atoms with Crippen molar-refractivity contribution in [3.63, 3.8) is 0 Å². The smallest absolute Gasteiger partial charge is 0.268 e. The van der Waals surface area contributed by atoms with Crippen LogP contribution < -0.4 is 5.56 Å². The van der Waals surface area contributed by atoms with Crippen LogP contribution in [0.5, 0.6) is 0 Å². The van der Waals surface area contributed by atoms with Crippen LogP contribution in [-0.2, 0) is 11.7 Å².